The van der Waals surface area contributed by atoms with Crippen LogP contribution in [-0.2, 0) is 11.3 Å². The van der Waals surface area contributed by atoms with Crippen LogP contribution in [0.15, 0.2) is 22.7 Å². The predicted octanol–water partition coefficient (Wildman–Crippen LogP) is 2.13. The summed E-state index contributed by atoms with van der Waals surface area (Å²) in [6.07, 6.45) is 0. The van der Waals surface area contributed by atoms with E-state index in [9.17, 15) is 4.79 Å². The number of anilines is 1. The van der Waals surface area contributed by atoms with Gasteiger partial charge in [-0.3, -0.25) is 4.79 Å². The number of carbonyl (C=O) groups excluding carboxylic acids is 1. The number of amides is 1. The zero-order valence-electron chi connectivity index (χ0n) is 11.8. The van der Waals surface area contributed by atoms with E-state index in [0.29, 0.717) is 13.1 Å². The Morgan fingerprint density at radius 1 is 1.32 bits per heavy atom. The molecule has 106 valence electrons. The molecule has 0 saturated heterocycles. The minimum Gasteiger partial charge on any atom is -0.365 e. The van der Waals surface area contributed by atoms with Gasteiger partial charge in [0.05, 0.1) is 6.54 Å². The summed E-state index contributed by atoms with van der Waals surface area (Å²) in [5, 5.41) is 6.09. The lowest BCUT2D eigenvalue weighted by molar-refractivity contribution is -0.119. The van der Waals surface area contributed by atoms with Crippen molar-refractivity contribution in [3.05, 3.63) is 28.2 Å². The topological polar surface area (TPSA) is 44.4 Å². The van der Waals surface area contributed by atoms with E-state index in [1.807, 2.05) is 31.0 Å². The van der Waals surface area contributed by atoms with Crippen LogP contribution in [0.2, 0.25) is 0 Å². The predicted molar refractivity (Wildman–Crippen MR) is 83.5 cm³/mol. The van der Waals surface area contributed by atoms with Crippen LogP contribution in [0.1, 0.15) is 19.4 Å². The van der Waals surface area contributed by atoms with Crippen LogP contribution in [0.3, 0.4) is 0 Å². The van der Waals surface area contributed by atoms with Crippen molar-refractivity contribution in [2.24, 2.45) is 0 Å². The highest BCUT2D eigenvalue weighted by Crippen LogP contribution is 2.23. The smallest absolute Gasteiger partial charge is 0.239 e. The van der Waals surface area contributed by atoms with Crippen LogP contribution in [0.25, 0.3) is 0 Å². The van der Waals surface area contributed by atoms with E-state index >= 15 is 0 Å². The zero-order chi connectivity index (χ0) is 14.3. The van der Waals surface area contributed by atoms with Gasteiger partial charge in [0.25, 0.3) is 0 Å². The van der Waals surface area contributed by atoms with Crippen molar-refractivity contribution in [1.29, 1.82) is 0 Å². The molecular weight excluding hydrogens is 306 g/mol. The highest BCUT2D eigenvalue weighted by Gasteiger charge is 2.08. The lowest BCUT2D eigenvalue weighted by Crippen LogP contribution is -2.34. The summed E-state index contributed by atoms with van der Waals surface area (Å²) in [7, 11) is 1.92. The quantitative estimate of drug-likeness (QED) is 0.806. The van der Waals surface area contributed by atoms with Gasteiger partial charge in [-0.15, -0.1) is 0 Å². The van der Waals surface area contributed by atoms with Gasteiger partial charge in [0.2, 0.25) is 5.91 Å². The summed E-state index contributed by atoms with van der Waals surface area (Å²) in [6, 6.07) is 6.17. The largest absolute Gasteiger partial charge is 0.365 e. The molecule has 2 N–H and O–H groups in total. The van der Waals surface area contributed by atoms with Crippen LogP contribution < -0.4 is 15.5 Å². The first-order chi connectivity index (χ1) is 9.08. The minimum absolute atomic E-state index is 0.0397. The second-order valence-electron chi connectivity index (χ2n) is 4.37. The SMILES string of the molecule is CCNCc1ccc(N(C)CC(=O)NCC)cc1Br. The molecule has 1 aromatic carbocycles. The third-order valence-electron chi connectivity index (χ3n) is 2.80. The second kappa shape index (κ2) is 8.17. The number of nitrogens with zero attached hydrogens (tertiary/aromatic N) is 1. The number of carbonyl (C=O) groups is 1. The number of halogens is 1. The summed E-state index contributed by atoms with van der Waals surface area (Å²) in [5.74, 6) is 0.0397. The van der Waals surface area contributed by atoms with Gasteiger partial charge in [-0.25, -0.2) is 0 Å². The molecule has 0 radical (unpaired) electrons. The molecule has 0 aromatic heterocycles. The number of nitrogens with one attached hydrogen (secondary N) is 2. The Morgan fingerprint density at radius 2 is 2.05 bits per heavy atom. The molecule has 5 heteroatoms. The van der Waals surface area contributed by atoms with Crippen molar-refractivity contribution in [1.82, 2.24) is 10.6 Å². The summed E-state index contributed by atoms with van der Waals surface area (Å²) >= 11 is 3.58. The van der Waals surface area contributed by atoms with Crippen LogP contribution in [-0.4, -0.2) is 32.6 Å². The van der Waals surface area contributed by atoms with Gasteiger partial charge in [0, 0.05) is 30.3 Å². The van der Waals surface area contributed by atoms with Crippen LogP contribution in [0.4, 0.5) is 5.69 Å². The van der Waals surface area contributed by atoms with Crippen LogP contribution >= 0.6 is 15.9 Å². The molecule has 0 atom stereocenters. The summed E-state index contributed by atoms with van der Waals surface area (Å²) in [4.78, 5) is 13.5. The van der Waals surface area contributed by atoms with Gasteiger partial charge in [-0.2, -0.15) is 0 Å². The van der Waals surface area contributed by atoms with Crippen LogP contribution in [0, 0.1) is 0 Å². The zero-order valence-corrected chi connectivity index (χ0v) is 13.4. The van der Waals surface area contributed by atoms with E-state index in [-0.39, 0.29) is 5.91 Å². The molecule has 0 fully saturated rings. The molecule has 1 aromatic rings. The maximum atomic E-state index is 11.5. The van der Waals surface area contributed by atoms with Crippen molar-refractivity contribution < 1.29 is 4.79 Å². The first-order valence-electron chi connectivity index (χ1n) is 6.55. The summed E-state index contributed by atoms with van der Waals surface area (Å²) < 4.78 is 1.06. The average molecular weight is 328 g/mol. The monoisotopic (exact) mass is 327 g/mol. The van der Waals surface area contributed by atoms with Gasteiger partial charge >= 0.3 is 0 Å². The molecule has 19 heavy (non-hydrogen) atoms. The Bertz CT molecular complexity index is 423. The Hall–Kier alpha value is -1.07. The number of likely N-dealkylation sites (N-methyl/N-ethyl adjacent to an activating group) is 2. The van der Waals surface area contributed by atoms with Crippen molar-refractivity contribution >= 4 is 27.5 Å². The molecule has 0 aliphatic heterocycles. The van der Waals surface area contributed by atoms with E-state index in [2.05, 4.69) is 39.6 Å². The Morgan fingerprint density at radius 3 is 2.63 bits per heavy atom. The highest BCUT2D eigenvalue weighted by atomic mass is 79.9. The first kappa shape index (κ1) is 16.0. The van der Waals surface area contributed by atoms with Gasteiger partial charge in [0.1, 0.15) is 0 Å². The molecule has 0 spiro atoms. The summed E-state index contributed by atoms with van der Waals surface area (Å²) in [5.41, 5.74) is 2.25. The average Bonchev–Trinajstić information content (AvgIpc) is 2.37. The fourth-order valence-corrected chi connectivity index (χ4v) is 2.24. The first-order valence-corrected chi connectivity index (χ1v) is 7.34. The van der Waals surface area contributed by atoms with Gasteiger partial charge in [0.15, 0.2) is 0 Å². The molecule has 0 bridgehead atoms. The molecular formula is C14H22BrN3O. The fourth-order valence-electron chi connectivity index (χ4n) is 1.74. The Kier molecular flexibility index (Phi) is 6.87. The standard InChI is InChI=1S/C14H22BrN3O/c1-4-16-9-11-6-7-12(8-13(11)15)18(3)10-14(19)17-5-2/h6-8,16H,4-5,9-10H2,1-3H3,(H,17,19). The summed E-state index contributed by atoms with van der Waals surface area (Å²) in [6.45, 7) is 6.83. The number of benzene rings is 1. The maximum absolute atomic E-state index is 11.5. The van der Waals surface area contributed by atoms with Gasteiger partial charge in [-0.1, -0.05) is 28.9 Å². The van der Waals surface area contributed by atoms with Crippen molar-refractivity contribution in [2.45, 2.75) is 20.4 Å². The van der Waals surface area contributed by atoms with E-state index < -0.39 is 0 Å². The molecule has 1 rings (SSSR count). The number of hydrogen-bond acceptors (Lipinski definition) is 3. The van der Waals surface area contributed by atoms with Crippen molar-refractivity contribution in [2.75, 3.05) is 31.6 Å². The van der Waals surface area contributed by atoms with Crippen molar-refractivity contribution in [3.8, 4) is 0 Å². The molecule has 4 nitrogen and oxygen atoms in total. The molecule has 0 unspecified atom stereocenters. The Balaban J connectivity index is 2.68. The molecule has 1 amide bonds. The maximum Gasteiger partial charge on any atom is 0.239 e. The minimum atomic E-state index is 0.0397. The lowest BCUT2D eigenvalue weighted by Gasteiger charge is -2.19. The van der Waals surface area contributed by atoms with E-state index in [1.165, 1.54) is 5.56 Å². The molecule has 0 heterocycles. The fraction of sp³-hybridized carbons (Fsp3) is 0.500. The van der Waals surface area contributed by atoms with Crippen LogP contribution in [0.5, 0.6) is 0 Å². The van der Waals surface area contributed by atoms with Gasteiger partial charge < -0.3 is 15.5 Å². The lowest BCUT2D eigenvalue weighted by atomic mass is 10.2. The number of hydrogen-bond donors (Lipinski definition) is 2. The van der Waals surface area contributed by atoms with E-state index in [1.54, 1.807) is 0 Å². The third kappa shape index (κ3) is 5.20. The van der Waals surface area contributed by atoms with E-state index in [0.717, 1.165) is 23.2 Å². The third-order valence-corrected chi connectivity index (χ3v) is 3.54. The highest BCUT2D eigenvalue weighted by molar-refractivity contribution is 9.10. The normalized spacial score (nSPS) is 10.3. The van der Waals surface area contributed by atoms with Crippen molar-refractivity contribution in [3.63, 3.8) is 0 Å². The van der Waals surface area contributed by atoms with Gasteiger partial charge in [-0.05, 0) is 31.2 Å². The molecule has 0 aliphatic rings. The second-order valence-corrected chi connectivity index (χ2v) is 5.22. The Labute approximate surface area is 123 Å². The molecule has 0 aliphatic carbocycles. The van der Waals surface area contributed by atoms with E-state index in [4.69, 9.17) is 0 Å². The number of rotatable bonds is 7. The molecule has 0 saturated carbocycles.